The molecule has 0 aliphatic carbocycles. The Bertz CT molecular complexity index is 499. The summed E-state index contributed by atoms with van der Waals surface area (Å²) in [5, 5.41) is 3.07. The highest BCUT2D eigenvalue weighted by Gasteiger charge is 1.98. The van der Waals surface area contributed by atoms with Crippen LogP contribution in [-0.2, 0) is 0 Å². The molecule has 4 nitrogen and oxygen atoms in total. The molecule has 0 amide bonds. The van der Waals surface area contributed by atoms with Crippen molar-refractivity contribution in [3.8, 4) is 11.6 Å². The van der Waals surface area contributed by atoms with Crippen LogP contribution in [-0.4, -0.2) is 10.1 Å². The molecular formula is C12H11N3OS. The van der Waals surface area contributed by atoms with Gasteiger partial charge in [-0.05, 0) is 42.5 Å². The van der Waals surface area contributed by atoms with Crippen molar-refractivity contribution in [3.63, 3.8) is 0 Å². The van der Waals surface area contributed by atoms with Crippen molar-refractivity contribution < 1.29 is 4.74 Å². The van der Waals surface area contributed by atoms with E-state index >= 15 is 0 Å². The molecule has 0 aliphatic heterocycles. The van der Waals surface area contributed by atoms with Crippen molar-refractivity contribution in [2.45, 2.75) is 0 Å². The summed E-state index contributed by atoms with van der Waals surface area (Å²) in [5.74, 6) is 1.26. The Labute approximate surface area is 104 Å². The fourth-order valence-corrected chi connectivity index (χ4v) is 1.39. The van der Waals surface area contributed by atoms with Crippen LogP contribution in [0.25, 0.3) is 0 Å². The highest BCUT2D eigenvalue weighted by Crippen LogP contribution is 2.20. The molecule has 1 heterocycles. The van der Waals surface area contributed by atoms with Crippen LogP contribution in [0.3, 0.4) is 0 Å². The van der Waals surface area contributed by atoms with E-state index in [2.05, 4.69) is 10.3 Å². The second kappa shape index (κ2) is 5.27. The van der Waals surface area contributed by atoms with Crippen LogP contribution >= 0.6 is 12.2 Å². The van der Waals surface area contributed by atoms with Gasteiger partial charge in [-0.1, -0.05) is 6.07 Å². The van der Waals surface area contributed by atoms with Crippen molar-refractivity contribution in [1.82, 2.24) is 4.98 Å². The Balaban J connectivity index is 2.06. The Morgan fingerprint density at radius 1 is 1.18 bits per heavy atom. The molecule has 0 spiro atoms. The van der Waals surface area contributed by atoms with E-state index in [0.29, 0.717) is 11.6 Å². The molecule has 0 fully saturated rings. The number of benzene rings is 1. The van der Waals surface area contributed by atoms with Gasteiger partial charge < -0.3 is 15.8 Å². The lowest BCUT2D eigenvalue weighted by atomic mass is 10.3. The van der Waals surface area contributed by atoms with Crippen LogP contribution in [0.15, 0.2) is 48.7 Å². The van der Waals surface area contributed by atoms with E-state index < -0.39 is 0 Å². The Morgan fingerprint density at radius 2 is 1.94 bits per heavy atom. The first-order valence-electron chi connectivity index (χ1n) is 4.99. The highest BCUT2D eigenvalue weighted by atomic mass is 32.1. The van der Waals surface area contributed by atoms with E-state index in [1.165, 1.54) is 0 Å². The van der Waals surface area contributed by atoms with Gasteiger partial charge in [0.2, 0.25) is 5.88 Å². The molecule has 0 radical (unpaired) electrons. The number of hydrogen-bond acceptors (Lipinski definition) is 3. The number of ether oxygens (including phenoxy) is 1. The molecule has 0 atom stereocenters. The fourth-order valence-electron chi connectivity index (χ4n) is 1.28. The summed E-state index contributed by atoms with van der Waals surface area (Å²) in [6.45, 7) is 0. The maximum Gasteiger partial charge on any atom is 0.219 e. The van der Waals surface area contributed by atoms with Gasteiger partial charge in [0.15, 0.2) is 5.11 Å². The molecule has 17 heavy (non-hydrogen) atoms. The van der Waals surface area contributed by atoms with Gasteiger partial charge in [0.25, 0.3) is 0 Å². The predicted molar refractivity (Wildman–Crippen MR) is 71.2 cm³/mol. The summed E-state index contributed by atoms with van der Waals surface area (Å²) >= 11 is 4.74. The smallest absolute Gasteiger partial charge is 0.219 e. The lowest BCUT2D eigenvalue weighted by molar-refractivity contribution is 0.463. The van der Waals surface area contributed by atoms with Crippen molar-refractivity contribution in [2.24, 2.45) is 5.73 Å². The second-order valence-corrected chi connectivity index (χ2v) is 3.72. The summed E-state index contributed by atoms with van der Waals surface area (Å²) in [4.78, 5) is 4.07. The van der Waals surface area contributed by atoms with Crippen LogP contribution in [0.2, 0.25) is 0 Å². The van der Waals surface area contributed by atoms with Gasteiger partial charge in [-0.3, -0.25) is 0 Å². The van der Waals surface area contributed by atoms with E-state index in [9.17, 15) is 0 Å². The summed E-state index contributed by atoms with van der Waals surface area (Å²) in [7, 11) is 0. The molecular weight excluding hydrogens is 234 g/mol. The number of pyridine rings is 1. The van der Waals surface area contributed by atoms with E-state index in [0.717, 1.165) is 5.69 Å². The number of nitrogens with zero attached hydrogens (tertiary/aromatic N) is 1. The maximum atomic E-state index is 5.54. The predicted octanol–water partition coefficient (Wildman–Crippen LogP) is 2.53. The van der Waals surface area contributed by atoms with E-state index in [1.54, 1.807) is 12.3 Å². The van der Waals surface area contributed by atoms with Crippen molar-refractivity contribution >= 4 is 23.0 Å². The minimum atomic E-state index is 0.239. The zero-order chi connectivity index (χ0) is 12.1. The topological polar surface area (TPSA) is 60.2 Å². The summed E-state index contributed by atoms with van der Waals surface area (Å²) in [6, 6.07) is 12.8. The van der Waals surface area contributed by atoms with Gasteiger partial charge in [0.1, 0.15) is 5.75 Å². The third-order valence-corrected chi connectivity index (χ3v) is 2.08. The molecule has 0 saturated carbocycles. The standard InChI is InChI=1S/C12H11N3OS/c13-12(17)15-9-4-6-10(7-5-9)16-11-3-1-2-8-14-11/h1-8H,(H3,13,15,17). The minimum absolute atomic E-state index is 0.239. The van der Waals surface area contributed by atoms with Crippen LogP contribution < -0.4 is 15.8 Å². The largest absolute Gasteiger partial charge is 0.439 e. The van der Waals surface area contributed by atoms with Crippen LogP contribution in [0.4, 0.5) is 5.69 Å². The van der Waals surface area contributed by atoms with Gasteiger partial charge in [0.05, 0.1) is 0 Å². The average Bonchev–Trinajstić information content (AvgIpc) is 2.32. The maximum absolute atomic E-state index is 5.54. The quantitative estimate of drug-likeness (QED) is 0.814. The van der Waals surface area contributed by atoms with E-state index in [-0.39, 0.29) is 5.11 Å². The number of aromatic nitrogens is 1. The fraction of sp³-hybridized carbons (Fsp3) is 0. The number of rotatable bonds is 3. The first kappa shape index (κ1) is 11.3. The van der Waals surface area contributed by atoms with Crippen LogP contribution in [0.5, 0.6) is 11.6 Å². The second-order valence-electron chi connectivity index (χ2n) is 3.28. The number of nitrogens with one attached hydrogen (secondary N) is 1. The monoisotopic (exact) mass is 245 g/mol. The molecule has 0 unspecified atom stereocenters. The first-order chi connectivity index (χ1) is 8.24. The third kappa shape index (κ3) is 3.42. The Morgan fingerprint density at radius 3 is 2.53 bits per heavy atom. The van der Waals surface area contributed by atoms with Crippen molar-refractivity contribution in [2.75, 3.05) is 5.32 Å². The van der Waals surface area contributed by atoms with E-state index in [4.69, 9.17) is 22.7 Å². The van der Waals surface area contributed by atoms with Gasteiger partial charge in [-0.2, -0.15) is 0 Å². The Kier molecular flexibility index (Phi) is 3.52. The SMILES string of the molecule is NC(=S)Nc1ccc(Oc2ccccn2)cc1. The highest BCUT2D eigenvalue weighted by molar-refractivity contribution is 7.80. The molecule has 2 rings (SSSR count). The van der Waals surface area contributed by atoms with Gasteiger partial charge in [-0.25, -0.2) is 4.98 Å². The summed E-state index contributed by atoms with van der Waals surface area (Å²) < 4.78 is 5.54. The Hall–Kier alpha value is -2.14. The normalized spacial score (nSPS) is 9.65. The lowest BCUT2D eigenvalue weighted by Gasteiger charge is -2.06. The van der Waals surface area contributed by atoms with E-state index in [1.807, 2.05) is 36.4 Å². The van der Waals surface area contributed by atoms with Crippen molar-refractivity contribution in [1.29, 1.82) is 0 Å². The molecule has 2 aromatic rings. The zero-order valence-corrected chi connectivity index (χ0v) is 9.78. The molecule has 3 N–H and O–H groups in total. The third-order valence-electron chi connectivity index (χ3n) is 1.98. The number of hydrogen-bond donors (Lipinski definition) is 2. The summed E-state index contributed by atoms with van der Waals surface area (Å²) in [5.41, 5.74) is 6.19. The number of thiocarbonyl (C=S) groups is 1. The first-order valence-corrected chi connectivity index (χ1v) is 5.40. The van der Waals surface area contributed by atoms with Gasteiger partial charge >= 0.3 is 0 Å². The van der Waals surface area contributed by atoms with Gasteiger partial charge in [0, 0.05) is 18.0 Å². The molecule has 1 aromatic heterocycles. The molecule has 1 aromatic carbocycles. The molecule has 0 saturated heterocycles. The molecule has 86 valence electrons. The molecule has 5 heteroatoms. The molecule has 0 bridgehead atoms. The summed E-state index contributed by atoms with van der Waals surface area (Å²) in [6.07, 6.45) is 1.68. The van der Waals surface area contributed by atoms with Crippen molar-refractivity contribution in [3.05, 3.63) is 48.7 Å². The molecule has 0 aliphatic rings. The van der Waals surface area contributed by atoms with Gasteiger partial charge in [-0.15, -0.1) is 0 Å². The lowest BCUT2D eigenvalue weighted by Crippen LogP contribution is -2.18. The minimum Gasteiger partial charge on any atom is -0.439 e. The number of anilines is 1. The van der Waals surface area contributed by atoms with Crippen LogP contribution in [0.1, 0.15) is 0 Å². The van der Waals surface area contributed by atoms with Crippen LogP contribution in [0, 0.1) is 0 Å². The average molecular weight is 245 g/mol. The number of nitrogens with two attached hydrogens (primary N) is 1. The zero-order valence-electron chi connectivity index (χ0n) is 8.96.